The van der Waals surface area contributed by atoms with Gasteiger partial charge < -0.3 is 19.9 Å². The summed E-state index contributed by atoms with van der Waals surface area (Å²) < 4.78 is 5.36. The molecule has 144 valence electrons. The van der Waals surface area contributed by atoms with Gasteiger partial charge in [0, 0.05) is 26.1 Å². The van der Waals surface area contributed by atoms with Crippen molar-refractivity contribution in [3.63, 3.8) is 0 Å². The molecule has 26 heavy (non-hydrogen) atoms. The highest BCUT2D eigenvalue weighted by atomic mass is 16.6. The van der Waals surface area contributed by atoms with Gasteiger partial charge in [0.1, 0.15) is 11.6 Å². The van der Waals surface area contributed by atoms with Crippen LogP contribution in [0.2, 0.25) is 0 Å². The number of carbonyl (C=O) groups excluding carboxylic acids is 2. The van der Waals surface area contributed by atoms with Crippen LogP contribution in [0.5, 0.6) is 0 Å². The second kappa shape index (κ2) is 9.03. The minimum Gasteiger partial charge on any atom is -0.444 e. The van der Waals surface area contributed by atoms with Crippen molar-refractivity contribution in [3.05, 3.63) is 35.9 Å². The van der Waals surface area contributed by atoms with Gasteiger partial charge in [-0.25, -0.2) is 4.79 Å². The van der Waals surface area contributed by atoms with E-state index in [1.807, 2.05) is 56.0 Å². The monoisotopic (exact) mass is 361 g/mol. The average Bonchev–Trinajstić information content (AvgIpc) is 2.77. The van der Waals surface area contributed by atoms with E-state index in [2.05, 4.69) is 17.3 Å². The molecule has 1 aliphatic heterocycles. The number of alkyl carbamates (subject to hydrolysis) is 1. The van der Waals surface area contributed by atoms with Gasteiger partial charge in [0.15, 0.2) is 0 Å². The Kier molecular flexibility index (Phi) is 7.03. The number of ether oxygens (including phenoxy) is 1. The highest BCUT2D eigenvalue weighted by molar-refractivity contribution is 5.86. The summed E-state index contributed by atoms with van der Waals surface area (Å²) in [5, 5.41) is 2.78. The zero-order chi connectivity index (χ0) is 19.2. The summed E-state index contributed by atoms with van der Waals surface area (Å²) in [6, 6.07) is 9.11. The van der Waals surface area contributed by atoms with Crippen molar-refractivity contribution in [2.45, 2.75) is 45.3 Å². The third-order valence-corrected chi connectivity index (χ3v) is 4.30. The molecule has 0 bridgehead atoms. The minimum absolute atomic E-state index is 0.0463. The zero-order valence-electron chi connectivity index (χ0n) is 16.3. The Morgan fingerprint density at radius 2 is 1.81 bits per heavy atom. The summed E-state index contributed by atoms with van der Waals surface area (Å²) in [7, 11) is 2.06. The van der Waals surface area contributed by atoms with Crippen LogP contribution in [0.15, 0.2) is 30.3 Å². The maximum Gasteiger partial charge on any atom is 0.408 e. The van der Waals surface area contributed by atoms with Gasteiger partial charge in [0.25, 0.3) is 0 Å². The zero-order valence-corrected chi connectivity index (χ0v) is 16.3. The molecular formula is C20H31N3O3. The van der Waals surface area contributed by atoms with E-state index in [-0.39, 0.29) is 5.91 Å². The fourth-order valence-corrected chi connectivity index (χ4v) is 2.99. The lowest BCUT2D eigenvalue weighted by Gasteiger charge is -2.28. The molecule has 1 aliphatic rings. The van der Waals surface area contributed by atoms with E-state index in [4.69, 9.17) is 4.74 Å². The van der Waals surface area contributed by atoms with Crippen LogP contribution >= 0.6 is 0 Å². The Morgan fingerprint density at radius 1 is 1.12 bits per heavy atom. The highest BCUT2D eigenvalue weighted by Crippen LogP contribution is 2.11. The van der Waals surface area contributed by atoms with Gasteiger partial charge >= 0.3 is 6.09 Å². The molecular weight excluding hydrogens is 330 g/mol. The van der Waals surface area contributed by atoms with Gasteiger partial charge in [-0.1, -0.05) is 30.3 Å². The molecule has 0 aliphatic carbocycles. The lowest BCUT2D eigenvalue weighted by Crippen LogP contribution is -2.51. The van der Waals surface area contributed by atoms with Gasteiger partial charge in [-0.2, -0.15) is 0 Å². The van der Waals surface area contributed by atoms with E-state index in [1.165, 1.54) is 0 Å². The van der Waals surface area contributed by atoms with Crippen LogP contribution in [0.25, 0.3) is 0 Å². The Hall–Kier alpha value is -2.08. The van der Waals surface area contributed by atoms with Crippen molar-refractivity contribution < 1.29 is 14.3 Å². The van der Waals surface area contributed by atoms with Gasteiger partial charge in [-0.05, 0) is 46.3 Å². The van der Waals surface area contributed by atoms with E-state index in [1.54, 1.807) is 0 Å². The maximum absolute atomic E-state index is 13.1. The van der Waals surface area contributed by atoms with Crippen molar-refractivity contribution in [2.75, 3.05) is 33.2 Å². The van der Waals surface area contributed by atoms with Crippen LogP contribution in [0.3, 0.4) is 0 Å². The number of hydrogen-bond acceptors (Lipinski definition) is 4. The van der Waals surface area contributed by atoms with Crippen molar-refractivity contribution >= 4 is 12.0 Å². The van der Waals surface area contributed by atoms with Crippen LogP contribution < -0.4 is 5.32 Å². The quantitative estimate of drug-likeness (QED) is 0.894. The molecule has 0 aromatic heterocycles. The normalized spacial score (nSPS) is 17.3. The van der Waals surface area contributed by atoms with Gasteiger partial charge in [0.2, 0.25) is 5.91 Å². The van der Waals surface area contributed by atoms with Gasteiger partial charge in [-0.15, -0.1) is 0 Å². The first kappa shape index (κ1) is 20.2. The van der Waals surface area contributed by atoms with Crippen LogP contribution in [-0.4, -0.2) is 66.7 Å². The van der Waals surface area contributed by atoms with E-state index < -0.39 is 17.7 Å². The first-order chi connectivity index (χ1) is 12.2. The molecule has 2 amide bonds. The van der Waals surface area contributed by atoms with Gasteiger partial charge in [-0.3, -0.25) is 4.79 Å². The maximum atomic E-state index is 13.1. The fraction of sp³-hybridized carbons (Fsp3) is 0.600. The molecule has 1 aromatic rings. The molecule has 6 heteroatoms. The summed E-state index contributed by atoms with van der Waals surface area (Å²) in [5.41, 5.74) is 0.407. The first-order valence-corrected chi connectivity index (χ1v) is 9.25. The summed E-state index contributed by atoms with van der Waals surface area (Å²) in [5.74, 6) is -0.0463. The Bertz CT molecular complexity index is 598. The smallest absolute Gasteiger partial charge is 0.408 e. The SMILES string of the molecule is CN1CCCN(C(=O)C(Cc2ccccc2)NC(=O)OC(C)(C)C)CC1. The minimum atomic E-state index is -0.629. The second-order valence-corrected chi connectivity index (χ2v) is 7.87. The molecule has 1 N–H and O–H groups in total. The molecule has 0 spiro atoms. The first-order valence-electron chi connectivity index (χ1n) is 9.25. The molecule has 2 rings (SSSR count). The summed E-state index contributed by atoms with van der Waals surface area (Å²) >= 11 is 0. The summed E-state index contributed by atoms with van der Waals surface area (Å²) in [6.45, 7) is 8.64. The predicted molar refractivity (Wildman–Crippen MR) is 102 cm³/mol. The molecule has 1 fully saturated rings. The number of nitrogens with one attached hydrogen (secondary N) is 1. The van der Waals surface area contributed by atoms with Crippen LogP contribution in [0, 0.1) is 0 Å². The van der Waals surface area contributed by atoms with E-state index in [0.29, 0.717) is 19.5 Å². The predicted octanol–water partition coefficient (Wildman–Crippen LogP) is 2.29. The second-order valence-electron chi connectivity index (χ2n) is 7.87. The molecule has 1 unspecified atom stereocenters. The Labute approximate surface area is 156 Å². The van der Waals surface area contributed by atoms with Crippen molar-refractivity contribution in [1.82, 2.24) is 15.1 Å². The Balaban J connectivity index is 2.10. The van der Waals surface area contributed by atoms with E-state index in [0.717, 1.165) is 25.1 Å². The summed E-state index contributed by atoms with van der Waals surface area (Å²) in [6.07, 6.45) is 0.830. The molecule has 1 saturated heterocycles. The number of nitrogens with zero attached hydrogens (tertiary/aromatic N) is 2. The molecule has 1 atom stereocenters. The van der Waals surface area contributed by atoms with Crippen LogP contribution in [0.1, 0.15) is 32.8 Å². The molecule has 6 nitrogen and oxygen atoms in total. The van der Waals surface area contributed by atoms with E-state index >= 15 is 0 Å². The fourth-order valence-electron chi connectivity index (χ4n) is 2.99. The Morgan fingerprint density at radius 3 is 2.46 bits per heavy atom. The molecule has 0 radical (unpaired) electrons. The number of rotatable bonds is 4. The molecule has 1 heterocycles. The highest BCUT2D eigenvalue weighted by Gasteiger charge is 2.29. The van der Waals surface area contributed by atoms with Gasteiger partial charge in [0.05, 0.1) is 0 Å². The lowest BCUT2D eigenvalue weighted by molar-refractivity contribution is -0.133. The number of likely N-dealkylation sites (N-methyl/N-ethyl adjacent to an activating group) is 1. The third-order valence-electron chi connectivity index (χ3n) is 4.30. The lowest BCUT2D eigenvalue weighted by atomic mass is 10.0. The molecule has 0 saturated carbocycles. The standard InChI is InChI=1S/C20H31N3O3/c1-20(2,3)26-19(25)21-17(15-16-9-6-5-7-10-16)18(24)23-12-8-11-22(4)13-14-23/h5-7,9-10,17H,8,11-15H2,1-4H3,(H,21,25). The average molecular weight is 361 g/mol. The third kappa shape index (κ3) is 6.67. The van der Waals surface area contributed by atoms with Crippen molar-refractivity contribution in [3.8, 4) is 0 Å². The number of carbonyl (C=O) groups is 2. The van der Waals surface area contributed by atoms with E-state index in [9.17, 15) is 9.59 Å². The van der Waals surface area contributed by atoms with Crippen LogP contribution in [-0.2, 0) is 16.0 Å². The van der Waals surface area contributed by atoms with Crippen LogP contribution in [0.4, 0.5) is 4.79 Å². The number of amides is 2. The summed E-state index contributed by atoms with van der Waals surface area (Å²) in [4.78, 5) is 29.4. The largest absolute Gasteiger partial charge is 0.444 e. The number of benzene rings is 1. The van der Waals surface area contributed by atoms with Crippen molar-refractivity contribution in [2.24, 2.45) is 0 Å². The molecule has 1 aromatic carbocycles. The topological polar surface area (TPSA) is 61.9 Å². The van der Waals surface area contributed by atoms with Crippen molar-refractivity contribution in [1.29, 1.82) is 0 Å². The number of hydrogen-bond donors (Lipinski definition) is 1.